The minimum atomic E-state index is 0.244. The molecule has 1 aliphatic heterocycles. The number of aliphatic hydroxyl groups excluding tert-OH is 1. The highest BCUT2D eigenvalue weighted by Gasteiger charge is 2.27. The Hall–Kier alpha value is -1.47. The molecule has 1 fully saturated rings. The summed E-state index contributed by atoms with van der Waals surface area (Å²) in [5, 5.41) is 10.6. The molecule has 0 saturated carbocycles. The highest BCUT2D eigenvalue weighted by atomic mass is 32.1. The summed E-state index contributed by atoms with van der Waals surface area (Å²) in [5.74, 6) is 0. The largest absolute Gasteiger partial charge is 0.396 e. The van der Waals surface area contributed by atoms with Crippen molar-refractivity contribution in [2.45, 2.75) is 32.5 Å². The molecule has 0 spiro atoms. The van der Waals surface area contributed by atoms with E-state index in [1.165, 1.54) is 16.0 Å². The molecule has 2 heterocycles. The van der Waals surface area contributed by atoms with Crippen LogP contribution in [-0.4, -0.2) is 66.3 Å². The number of rotatable bonds is 7. The lowest BCUT2D eigenvalue weighted by molar-refractivity contribution is 0.0504. The summed E-state index contributed by atoms with van der Waals surface area (Å²) in [6.07, 6.45) is 2.83. The second-order valence-corrected chi connectivity index (χ2v) is 8.45. The fourth-order valence-electron chi connectivity index (χ4n) is 3.46. The number of anilines is 1. The standard InChI is InChI=1S/C20H30N4OS/c1-16-4-6-17(7-5-16)13-24-10-9-23(14-18(24)8-11-25)15-19-12-21-20(26-19)22(2)3/h4-7,12,18,25H,8-11,13-15H2,1-3H3/t18-/m1/s1. The summed E-state index contributed by atoms with van der Waals surface area (Å²) in [5.41, 5.74) is 2.65. The maximum Gasteiger partial charge on any atom is 0.185 e. The molecule has 1 aromatic carbocycles. The number of benzene rings is 1. The van der Waals surface area contributed by atoms with Crippen molar-refractivity contribution < 1.29 is 5.11 Å². The molecule has 1 aliphatic rings. The molecule has 1 saturated heterocycles. The van der Waals surface area contributed by atoms with E-state index in [4.69, 9.17) is 0 Å². The van der Waals surface area contributed by atoms with Crippen LogP contribution in [0.15, 0.2) is 30.5 Å². The molecule has 26 heavy (non-hydrogen) atoms. The van der Waals surface area contributed by atoms with E-state index in [9.17, 15) is 5.11 Å². The lowest BCUT2D eigenvalue weighted by Gasteiger charge is -2.41. The SMILES string of the molecule is Cc1ccc(CN2CCN(Cc3cnc(N(C)C)s3)C[C@H]2CCO)cc1. The Morgan fingerprint density at radius 2 is 1.96 bits per heavy atom. The van der Waals surface area contributed by atoms with Gasteiger partial charge in [-0.15, -0.1) is 11.3 Å². The summed E-state index contributed by atoms with van der Waals surface area (Å²) in [6, 6.07) is 9.20. The summed E-state index contributed by atoms with van der Waals surface area (Å²) in [6.45, 7) is 7.38. The van der Waals surface area contributed by atoms with Crippen LogP contribution < -0.4 is 4.90 Å². The van der Waals surface area contributed by atoms with Crippen molar-refractivity contribution in [3.63, 3.8) is 0 Å². The van der Waals surface area contributed by atoms with Crippen molar-refractivity contribution >= 4 is 16.5 Å². The molecular formula is C20H30N4OS. The minimum Gasteiger partial charge on any atom is -0.396 e. The predicted molar refractivity (Wildman–Crippen MR) is 109 cm³/mol. The Labute approximate surface area is 160 Å². The van der Waals surface area contributed by atoms with Gasteiger partial charge in [-0.3, -0.25) is 9.80 Å². The summed E-state index contributed by atoms with van der Waals surface area (Å²) in [4.78, 5) is 12.9. The molecule has 0 unspecified atom stereocenters. The lowest BCUT2D eigenvalue weighted by Crippen LogP contribution is -2.52. The first-order valence-electron chi connectivity index (χ1n) is 9.30. The smallest absolute Gasteiger partial charge is 0.185 e. The van der Waals surface area contributed by atoms with E-state index in [1.807, 2.05) is 20.3 Å². The van der Waals surface area contributed by atoms with Crippen LogP contribution in [0.4, 0.5) is 5.13 Å². The Morgan fingerprint density at radius 3 is 2.62 bits per heavy atom. The quantitative estimate of drug-likeness (QED) is 0.807. The van der Waals surface area contributed by atoms with Crippen LogP contribution in [-0.2, 0) is 13.1 Å². The molecule has 0 bridgehead atoms. The Morgan fingerprint density at radius 1 is 1.19 bits per heavy atom. The Kier molecular flexibility index (Phi) is 6.64. The molecule has 1 atom stereocenters. The van der Waals surface area contributed by atoms with E-state index in [0.717, 1.165) is 44.3 Å². The van der Waals surface area contributed by atoms with Gasteiger partial charge >= 0.3 is 0 Å². The average Bonchev–Trinajstić information content (AvgIpc) is 3.08. The summed E-state index contributed by atoms with van der Waals surface area (Å²) in [7, 11) is 4.06. The molecular weight excluding hydrogens is 344 g/mol. The molecule has 0 amide bonds. The highest BCUT2D eigenvalue weighted by molar-refractivity contribution is 7.15. The van der Waals surface area contributed by atoms with Crippen LogP contribution in [0.1, 0.15) is 22.4 Å². The molecule has 142 valence electrons. The van der Waals surface area contributed by atoms with Crippen molar-refractivity contribution in [2.75, 3.05) is 45.2 Å². The van der Waals surface area contributed by atoms with E-state index < -0.39 is 0 Å². The van der Waals surface area contributed by atoms with Crippen LogP contribution >= 0.6 is 11.3 Å². The van der Waals surface area contributed by atoms with Crippen molar-refractivity contribution in [1.82, 2.24) is 14.8 Å². The number of thiazole rings is 1. The summed E-state index contributed by atoms with van der Waals surface area (Å²) < 4.78 is 0. The normalized spacial score (nSPS) is 19.0. The number of aryl methyl sites for hydroxylation is 1. The van der Waals surface area contributed by atoms with Gasteiger partial charge in [0.25, 0.3) is 0 Å². The van der Waals surface area contributed by atoms with E-state index in [-0.39, 0.29) is 6.61 Å². The lowest BCUT2D eigenvalue weighted by atomic mass is 10.1. The Bertz CT molecular complexity index is 685. The number of aliphatic hydroxyl groups is 1. The first kappa shape index (κ1) is 19.3. The first-order valence-corrected chi connectivity index (χ1v) is 10.1. The van der Waals surface area contributed by atoms with Crippen molar-refractivity contribution in [2.24, 2.45) is 0 Å². The molecule has 6 heteroatoms. The molecule has 0 radical (unpaired) electrons. The zero-order chi connectivity index (χ0) is 18.5. The number of hydrogen-bond donors (Lipinski definition) is 1. The second-order valence-electron chi connectivity index (χ2n) is 7.36. The highest BCUT2D eigenvalue weighted by Crippen LogP contribution is 2.24. The minimum absolute atomic E-state index is 0.244. The van der Waals surface area contributed by atoms with Gasteiger partial charge in [0.2, 0.25) is 0 Å². The average molecular weight is 375 g/mol. The van der Waals surface area contributed by atoms with Crippen LogP contribution in [0, 0.1) is 6.92 Å². The zero-order valence-corrected chi connectivity index (χ0v) is 16.9. The van der Waals surface area contributed by atoms with E-state index >= 15 is 0 Å². The van der Waals surface area contributed by atoms with E-state index in [1.54, 1.807) is 11.3 Å². The molecule has 2 aromatic rings. The third-order valence-electron chi connectivity index (χ3n) is 4.96. The van der Waals surface area contributed by atoms with Crippen molar-refractivity contribution in [1.29, 1.82) is 0 Å². The van der Waals surface area contributed by atoms with Gasteiger partial charge in [-0.1, -0.05) is 29.8 Å². The number of nitrogens with zero attached hydrogens (tertiary/aromatic N) is 4. The number of aromatic nitrogens is 1. The van der Waals surface area contributed by atoms with Crippen LogP contribution in [0.5, 0.6) is 0 Å². The number of hydrogen-bond acceptors (Lipinski definition) is 6. The molecule has 1 aromatic heterocycles. The number of piperazine rings is 1. The van der Waals surface area contributed by atoms with Gasteiger partial charge in [-0.05, 0) is 18.9 Å². The molecule has 1 N–H and O–H groups in total. The van der Waals surface area contributed by atoms with Gasteiger partial charge < -0.3 is 10.0 Å². The van der Waals surface area contributed by atoms with Crippen molar-refractivity contribution in [3.05, 3.63) is 46.5 Å². The van der Waals surface area contributed by atoms with E-state index in [2.05, 4.69) is 50.9 Å². The monoisotopic (exact) mass is 374 g/mol. The fourth-order valence-corrected chi connectivity index (χ4v) is 4.33. The van der Waals surface area contributed by atoms with Gasteiger partial charge in [0.05, 0.1) is 0 Å². The van der Waals surface area contributed by atoms with E-state index in [0.29, 0.717) is 6.04 Å². The maximum atomic E-state index is 9.52. The van der Waals surface area contributed by atoms with Gasteiger partial charge in [-0.2, -0.15) is 0 Å². The maximum absolute atomic E-state index is 9.52. The first-order chi connectivity index (χ1) is 12.5. The molecule has 5 nitrogen and oxygen atoms in total. The van der Waals surface area contributed by atoms with Crippen LogP contribution in [0.3, 0.4) is 0 Å². The van der Waals surface area contributed by atoms with Gasteiger partial charge in [-0.25, -0.2) is 4.98 Å². The second kappa shape index (κ2) is 8.95. The van der Waals surface area contributed by atoms with Gasteiger partial charge in [0, 0.05) is 70.5 Å². The topological polar surface area (TPSA) is 42.8 Å². The van der Waals surface area contributed by atoms with Gasteiger partial charge in [0.1, 0.15) is 0 Å². The summed E-state index contributed by atoms with van der Waals surface area (Å²) >= 11 is 1.76. The predicted octanol–water partition coefficient (Wildman–Crippen LogP) is 2.59. The third kappa shape index (κ3) is 5.04. The Balaban J connectivity index is 1.60. The van der Waals surface area contributed by atoms with Gasteiger partial charge in [0.15, 0.2) is 5.13 Å². The van der Waals surface area contributed by atoms with Crippen molar-refractivity contribution in [3.8, 4) is 0 Å². The molecule has 0 aliphatic carbocycles. The fraction of sp³-hybridized carbons (Fsp3) is 0.550. The molecule has 3 rings (SSSR count). The van der Waals surface area contributed by atoms with Crippen LogP contribution in [0.2, 0.25) is 0 Å². The zero-order valence-electron chi connectivity index (χ0n) is 16.1. The van der Waals surface area contributed by atoms with Crippen LogP contribution in [0.25, 0.3) is 0 Å². The third-order valence-corrected chi connectivity index (χ3v) is 6.11.